The molecule has 106 valence electrons. The number of likely N-dealkylation sites (N-methyl/N-ethyl adjacent to an activating group) is 1. The highest BCUT2D eigenvalue weighted by molar-refractivity contribution is 5.07. The topological polar surface area (TPSA) is 51.4 Å². The molecule has 2 N–H and O–H groups in total. The van der Waals surface area contributed by atoms with Crippen LogP contribution in [-0.2, 0) is 11.2 Å². The van der Waals surface area contributed by atoms with Crippen LogP contribution >= 0.6 is 0 Å². The zero-order valence-corrected chi connectivity index (χ0v) is 12.0. The van der Waals surface area contributed by atoms with Crippen LogP contribution in [0.25, 0.3) is 0 Å². The monoisotopic (exact) mass is 263 g/mol. The molecule has 0 atom stereocenters. The molecular weight excluding hydrogens is 238 g/mol. The molecule has 1 aliphatic carbocycles. The Labute approximate surface area is 116 Å². The van der Waals surface area contributed by atoms with Crippen molar-refractivity contribution < 1.29 is 4.74 Å². The molecule has 0 radical (unpaired) electrons. The van der Waals surface area contributed by atoms with Gasteiger partial charge in [0.2, 0.25) is 0 Å². The van der Waals surface area contributed by atoms with E-state index in [-0.39, 0.29) is 5.54 Å². The minimum atomic E-state index is 0.134. The van der Waals surface area contributed by atoms with E-state index in [4.69, 9.17) is 10.5 Å². The van der Waals surface area contributed by atoms with Crippen molar-refractivity contribution in [2.45, 2.75) is 37.8 Å². The first-order chi connectivity index (χ1) is 9.20. The lowest BCUT2D eigenvalue weighted by Gasteiger charge is -2.52. The molecule has 2 rings (SSSR count). The molecule has 4 heteroatoms. The van der Waals surface area contributed by atoms with Crippen LogP contribution in [0.15, 0.2) is 24.4 Å². The molecule has 0 unspecified atom stereocenters. The first kappa shape index (κ1) is 14.4. The maximum Gasteiger partial charge on any atom is 0.0611 e. The highest BCUT2D eigenvalue weighted by atomic mass is 16.5. The van der Waals surface area contributed by atoms with Gasteiger partial charge in [0.15, 0.2) is 0 Å². The van der Waals surface area contributed by atoms with E-state index in [2.05, 4.69) is 23.0 Å². The Morgan fingerprint density at radius 3 is 2.84 bits per heavy atom. The molecule has 1 aliphatic rings. The van der Waals surface area contributed by atoms with Crippen molar-refractivity contribution in [2.75, 3.05) is 26.7 Å². The summed E-state index contributed by atoms with van der Waals surface area (Å²) in [4.78, 5) is 6.75. The van der Waals surface area contributed by atoms with Gasteiger partial charge in [-0.15, -0.1) is 0 Å². The summed E-state index contributed by atoms with van der Waals surface area (Å²) < 4.78 is 5.65. The molecule has 1 aromatic rings. The van der Waals surface area contributed by atoms with Crippen LogP contribution in [0, 0.1) is 0 Å². The molecule has 0 aromatic carbocycles. The molecule has 1 heterocycles. The first-order valence-electron chi connectivity index (χ1n) is 7.13. The Kier molecular flexibility index (Phi) is 4.91. The Morgan fingerprint density at radius 2 is 2.26 bits per heavy atom. The predicted octanol–water partition coefficient (Wildman–Crippen LogP) is 1.45. The first-order valence-corrected chi connectivity index (χ1v) is 7.13. The fourth-order valence-electron chi connectivity index (χ4n) is 2.84. The number of nitrogens with zero attached hydrogens (tertiary/aromatic N) is 2. The number of hydrogen-bond donors (Lipinski definition) is 1. The average Bonchev–Trinajstić information content (AvgIpc) is 2.41. The maximum atomic E-state index is 5.98. The van der Waals surface area contributed by atoms with E-state index >= 15 is 0 Å². The second-order valence-electron chi connectivity index (χ2n) is 5.41. The van der Waals surface area contributed by atoms with Gasteiger partial charge in [-0.05, 0) is 38.9 Å². The van der Waals surface area contributed by atoms with Crippen LogP contribution in [0.3, 0.4) is 0 Å². The number of nitrogens with two attached hydrogens (primary N) is 1. The summed E-state index contributed by atoms with van der Waals surface area (Å²) in [6, 6.07) is 6.06. The third kappa shape index (κ3) is 3.32. The summed E-state index contributed by atoms with van der Waals surface area (Å²) in [6.45, 7) is 4.54. The molecule has 1 saturated carbocycles. The molecule has 0 saturated heterocycles. The normalized spacial score (nSPS) is 26.4. The molecular formula is C15H25N3O. The summed E-state index contributed by atoms with van der Waals surface area (Å²) in [7, 11) is 2.16. The van der Waals surface area contributed by atoms with Gasteiger partial charge < -0.3 is 10.5 Å². The summed E-state index contributed by atoms with van der Waals surface area (Å²) in [5, 5.41) is 0. The molecule has 0 aliphatic heterocycles. The SMILES string of the molecule is CCOC1CC(CN)(N(C)CCc2ccccn2)C1. The van der Waals surface area contributed by atoms with Crippen molar-refractivity contribution in [3.05, 3.63) is 30.1 Å². The third-order valence-electron chi connectivity index (χ3n) is 4.24. The van der Waals surface area contributed by atoms with Crippen LogP contribution in [0.1, 0.15) is 25.5 Å². The standard InChI is InChI=1S/C15H25N3O/c1-3-19-14-10-15(11-14,12-16)18(2)9-7-13-6-4-5-8-17-13/h4-6,8,14H,3,7,9-12,16H2,1-2H3. The highest BCUT2D eigenvalue weighted by Crippen LogP contribution is 2.38. The minimum Gasteiger partial charge on any atom is -0.378 e. The van der Waals surface area contributed by atoms with Crippen molar-refractivity contribution in [1.29, 1.82) is 0 Å². The smallest absolute Gasteiger partial charge is 0.0611 e. The van der Waals surface area contributed by atoms with E-state index in [9.17, 15) is 0 Å². The van der Waals surface area contributed by atoms with Gasteiger partial charge in [0.1, 0.15) is 0 Å². The van der Waals surface area contributed by atoms with E-state index in [1.807, 2.05) is 25.3 Å². The Bertz CT molecular complexity index is 376. The Hall–Kier alpha value is -0.970. The van der Waals surface area contributed by atoms with E-state index < -0.39 is 0 Å². The van der Waals surface area contributed by atoms with Gasteiger partial charge >= 0.3 is 0 Å². The van der Waals surface area contributed by atoms with Crippen molar-refractivity contribution in [3.63, 3.8) is 0 Å². The quantitative estimate of drug-likeness (QED) is 0.809. The lowest BCUT2D eigenvalue weighted by molar-refractivity contribution is -0.0918. The molecule has 19 heavy (non-hydrogen) atoms. The summed E-state index contributed by atoms with van der Waals surface area (Å²) in [6.07, 6.45) is 5.32. The van der Waals surface area contributed by atoms with E-state index in [0.717, 1.165) is 38.1 Å². The van der Waals surface area contributed by atoms with Crippen LogP contribution in [0.4, 0.5) is 0 Å². The Balaban J connectivity index is 1.83. The summed E-state index contributed by atoms with van der Waals surface area (Å²) in [5.41, 5.74) is 7.26. The van der Waals surface area contributed by atoms with E-state index in [0.29, 0.717) is 12.6 Å². The lowest BCUT2D eigenvalue weighted by Crippen LogP contribution is -2.63. The third-order valence-corrected chi connectivity index (χ3v) is 4.24. The lowest BCUT2D eigenvalue weighted by atomic mass is 9.73. The molecule has 0 amide bonds. The van der Waals surface area contributed by atoms with Crippen molar-refractivity contribution in [1.82, 2.24) is 9.88 Å². The largest absolute Gasteiger partial charge is 0.378 e. The van der Waals surface area contributed by atoms with Gasteiger partial charge in [-0.1, -0.05) is 6.07 Å². The average molecular weight is 263 g/mol. The molecule has 0 spiro atoms. The van der Waals surface area contributed by atoms with Crippen LogP contribution in [0.5, 0.6) is 0 Å². The van der Waals surface area contributed by atoms with Crippen LogP contribution in [-0.4, -0.2) is 48.3 Å². The number of pyridine rings is 1. The zero-order chi connectivity index (χ0) is 13.7. The zero-order valence-electron chi connectivity index (χ0n) is 12.0. The van der Waals surface area contributed by atoms with Crippen LogP contribution in [0.2, 0.25) is 0 Å². The van der Waals surface area contributed by atoms with Crippen molar-refractivity contribution in [3.8, 4) is 0 Å². The predicted molar refractivity (Wildman–Crippen MR) is 77.0 cm³/mol. The molecule has 4 nitrogen and oxygen atoms in total. The maximum absolute atomic E-state index is 5.98. The van der Waals surface area contributed by atoms with E-state index in [1.54, 1.807) is 0 Å². The second kappa shape index (κ2) is 6.46. The van der Waals surface area contributed by atoms with Gasteiger partial charge in [-0.3, -0.25) is 9.88 Å². The van der Waals surface area contributed by atoms with Gasteiger partial charge in [-0.2, -0.15) is 0 Å². The number of aromatic nitrogens is 1. The van der Waals surface area contributed by atoms with Crippen LogP contribution < -0.4 is 5.73 Å². The number of hydrogen-bond acceptors (Lipinski definition) is 4. The fraction of sp³-hybridized carbons (Fsp3) is 0.667. The Morgan fingerprint density at radius 1 is 1.47 bits per heavy atom. The summed E-state index contributed by atoms with van der Waals surface area (Å²) in [5.74, 6) is 0. The molecule has 1 aromatic heterocycles. The van der Waals surface area contributed by atoms with Crippen molar-refractivity contribution >= 4 is 0 Å². The molecule has 1 fully saturated rings. The highest BCUT2D eigenvalue weighted by Gasteiger charge is 2.46. The van der Waals surface area contributed by atoms with Gasteiger partial charge in [0, 0.05) is 43.5 Å². The minimum absolute atomic E-state index is 0.134. The van der Waals surface area contributed by atoms with Gasteiger partial charge in [0.05, 0.1) is 6.10 Å². The number of ether oxygens (including phenoxy) is 1. The summed E-state index contributed by atoms with van der Waals surface area (Å²) >= 11 is 0. The molecule has 0 bridgehead atoms. The van der Waals surface area contributed by atoms with Crippen molar-refractivity contribution in [2.24, 2.45) is 5.73 Å². The fourth-order valence-corrected chi connectivity index (χ4v) is 2.84. The van der Waals surface area contributed by atoms with Gasteiger partial charge in [-0.25, -0.2) is 0 Å². The van der Waals surface area contributed by atoms with Gasteiger partial charge in [0.25, 0.3) is 0 Å². The van der Waals surface area contributed by atoms with E-state index in [1.165, 1.54) is 0 Å². The number of rotatable bonds is 7. The second-order valence-corrected chi connectivity index (χ2v) is 5.41.